The van der Waals surface area contributed by atoms with Crippen LogP contribution in [0.4, 0.5) is 23.2 Å². The Balaban J connectivity index is 1.49. The number of nitrogens with zero attached hydrogens (tertiary/aromatic N) is 5. The third-order valence-electron chi connectivity index (χ3n) is 5.98. The molecule has 0 bridgehead atoms. The smallest absolute Gasteiger partial charge is 0.347 e. The van der Waals surface area contributed by atoms with Crippen LogP contribution in [-0.2, 0) is 23.0 Å². The van der Waals surface area contributed by atoms with E-state index < -0.39 is 39.7 Å². The highest BCUT2D eigenvalue weighted by atomic mass is 32.2. The molecule has 1 aromatic carbocycles. The van der Waals surface area contributed by atoms with Gasteiger partial charge in [-0.1, -0.05) is 32.9 Å². The van der Waals surface area contributed by atoms with E-state index in [-0.39, 0.29) is 24.6 Å². The Bertz CT molecular complexity index is 1480. The number of carbonyl (C=O) groups excluding carboxylic acids is 1. The van der Waals surface area contributed by atoms with Crippen molar-refractivity contribution < 1.29 is 30.8 Å². The van der Waals surface area contributed by atoms with E-state index in [1.165, 1.54) is 27.7 Å². The topological polar surface area (TPSA) is 99.4 Å². The molecule has 38 heavy (non-hydrogen) atoms. The minimum absolute atomic E-state index is 0.0771. The van der Waals surface area contributed by atoms with Gasteiger partial charge in [-0.25, -0.2) is 13.7 Å². The molecular weight excluding hydrogens is 528 g/mol. The first kappa shape index (κ1) is 27.4. The zero-order valence-corrected chi connectivity index (χ0v) is 21.6. The number of amides is 1. The van der Waals surface area contributed by atoms with Crippen LogP contribution in [-0.4, -0.2) is 52.4 Å². The molecule has 0 saturated heterocycles. The Morgan fingerprint density at radius 3 is 2.39 bits per heavy atom. The third kappa shape index (κ3) is 5.17. The molecule has 1 N–H and O–H groups in total. The van der Waals surface area contributed by atoms with Gasteiger partial charge in [0, 0.05) is 18.7 Å². The monoisotopic (exact) mass is 554 g/mol. The first-order valence-corrected chi connectivity index (χ1v) is 13.3. The van der Waals surface area contributed by atoms with Crippen LogP contribution in [0.3, 0.4) is 0 Å². The molecule has 14 heteroatoms. The molecule has 4 rings (SSSR count). The van der Waals surface area contributed by atoms with Gasteiger partial charge in [-0.15, -0.1) is 0 Å². The molecule has 0 radical (unpaired) electrons. The molecular formula is C24H26F4N6O3S. The lowest BCUT2D eigenvalue weighted by molar-refractivity contribution is -0.0473. The predicted octanol–water partition coefficient (Wildman–Crippen LogP) is 3.91. The number of hydrogen-bond acceptors (Lipinski definition) is 6. The van der Waals surface area contributed by atoms with Gasteiger partial charge < -0.3 is 5.32 Å². The largest absolute Gasteiger partial charge is 0.516 e. The first-order chi connectivity index (χ1) is 17.8. The Labute approximate surface area is 216 Å². The number of rotatable bonds is 7. The second-order valence-corrected chi connectivity index (χ2v) is 10.8. The van der Waals surface area contributed by atoms with Crippen LogP contribution >= 0.6 is 0 Å². The molecule has 0 saturated carbocycles. The molecule has 204 valence electrons. The van der Waals surface area contributed by atoms with E-state index in [4.69, 9.17) is 0 Å². The number of amidine groups is 1. The highest BCUT2D eigenvalue weighted by Crippen LogP contribution is 2.30. The maximum atomic E-state index is 13.8. The lowest BCUT2D eigenvalue weighted by Gasteiger charge is -2.35. The SMILES string of the molecule is CCc1nc2ccc(F)cn2c1C(=O)NCc1ccc(N2CCN(S(=O)(=O)C(F)(F)F)C(C(C)C)=N2)cc1. The fourth-order valence-corrected chi connectivity index (χ4v) is 5.15. The van der Waals surface area contributed by atoms with Crippen LogP contribution in [0.25, 0.3) is 5.65 Å². The average Bonchev–Trinajstić information content (AvgIpc) is 3.24. The lowest BCUT2D eigenvalue weighted by Crippen LogP contribution is -2.52. The van der Waals surface area contributed by atoms with Gasteiger partial charge in [0.25, 0.3) is 5.91 Å². The van der Waals surface area contributed by atoms with Crippen molar-refractivity contribution in [3.8, 4) is 0 Å². The van der Waals surface area contributed by atoms with Gasteiger partial charge in [-0.3, -0.25) is 14.2 Å². The van der Waals surface area contributed by atoms with Gasteiger partial charge in [0.15, 0.2) is 0 Å². The molecule has 0 fully saturated rings. The maximum absolute atomic E-state index is 13.8. The fourth-order valence-electron chi connectivity index (χ4n) is 4.09. The number of alkyl halides is 3. The molecule has 9 nitrogen and oxygen atoms in total. The highest BCUT2D eigenvalue weighted by molar-refractivity contribution is 7.90. The Morgan fingerprint density at radius 1 is 1.11 bits per heavy atom. The Morgan fingerprint density at radius 2 is 1.79 bits per heavy atom. The Hall–Kier alpha value is -3.68. The van der Waals surface area contributed by atoms with Crippen molar-refractivity contribution in [3.05, 3.63) is 65.4 Å². The van der Waals surface area contributed by atoms with E-state index in [1.807, 2.05) is 6.92 Å². The number of nitrogens with one attached hydrogen (secondary N) is 1. The molecule has 0 aliphatic carbocycles. The summed E-state index contributed by atoms with van der Waals surface area (Å²) in [7, 11) is -5.55. The summed E-state index contributed by atoms with van der Waals surface area (Å²) in [6.07, 6.45) is 1.69. The van der Waals surface area contributed by atoms with Crippen LogP contribution in [0.15, 0.2) is 47.7 Å². The molecule has 1 aliphatic rings. The zero-order chi connectivity index (χ0) is 27.8. The van der Waals surface area contributed by atoms with Crippen LogP contribution < -0.4 is 10.3 Å². The number of aromatic nitrogens is 2. The van der Waals surface area contributed by atoms with E-state index in [9.17, 15) is 30.8 Å². The summed E-state index contributed by atoms with van der Waals surface area (Å²) in [6, 6.07) is 9.56. The van der Waals surface area contributed by atoms with E-state index >= 15 is 0 Å². The summed E-state index contributed by atoms with van der Waals surface area (Å²) in [4.78, 5) is 17.3. The van der Waals surface area contributed by atoms with Crippen molar-refractivity contribution >= 4 is 33.1 Å². The highest BCUT2D eigenvalue weighted by Gasteiger charge is 2.52. The first-order valence-electron chi connectivity index (χ1n) is 11.8. The molecule has 1 amide bonds. The summed E-state index contributed by atoms with van der Waals surface area (Å²) in [6.45, 7) is 4.65. The second-order valence-electron chi connectivity index (χ2n) is 8.94. The summed E-state index contributed by atoms with van der Waals surface area (Å²) < 4.78 is 78.9. The fraction of sp³-hybridized carbons (Fsp3) is 0.375. The van der Waals surface area contributed by atoms with Crippen molar-refractivity contribution in [2.24, 2.45) is 11.0 Å². The number of fused-ring (bicyclic) bond motifs is 1. The molecule has 0 spiro atoms. The van der Waals surface area contributed by atoms with Crippen molar-refractivity contribution in [1.82, 2.24) is 19.0 Å². The molecule has 2 aromatic heterocycles. The number of imidazole rings is 1. The normalized spacial score (nSPS) is 14.8. The number of aryl methyl sites for hydroxylation is 1. The van der Waals surface area contributed by atoms with Crippen LogP contribution in [0, 0.1) is 11.7 Å². The van der Waals surface area contributed by atoms with Crippen molar-refractivity contribution in [2.45, 2.75) is 39.2 Å². The number of halogens is 4. The minimum Gasteiger partial charge on any atom is -0.347 e. The summed E-state index contributed by atoms with van der Waals surface area (Å²) in [5, 5.41) is 8.44. The molecule has 1 aliphatic heterocycles. The standard InChI is InChI=1S/C24H26F4N6O3S/c1-4-19-21(32-14-17(25)7-10-20(32)30-19)23(35)29-13-16-5-8-18(9-6-16)33-11-12-34(22(31-33)15(2)3)38(36,37)24(26,27)28/h5-10,14-15H,4,11-13H2,1-3H3,(H,29,35). The molecule has 0 atom stereocenters. The number of carbonyl (C=O) groups is 1. The van der Waals surface area contributed by atoms with Crippen LogP contribution in [0.5, 0.6) is 0 Å². The van der Waals surface area contributed by atoms with Gasteiger partial charge >= 0.3 is 15.5 Å². The number of anilines is 1. The Kier molecular flexibility index (Phi) is 7.37. The number of hydrazone groups is 1. The number of hydrogen-bond donors (Lipinski definition) is 1. The van der Waals surface area contributed by atoms with E-state index in [0.29, 0.717) is 27.8 Å². The van der Waals surface area contributed by atoms with Crippen molar-refractivity contribution in [2.75, 3.05) is 18.1 Å². The maximum Gasteiger partial charge on any atom is 0.516 e. The number of benzene rings is 1. The molecule has 3 aromatic rings. The molecule has 3 heterocycles. The molecule has 0 unspecified atom stereocenters. The van der Waals surface area contributed by atoms with E-state index in [1.54, 1.807) is 38.1 Å². The van der Waals surface area contributed by atoms with Gasteiger partial charge in [0.2, 0.25) is 0 Å². The third-order valence-corrected chi connectivity index (χ3v) is 7.52. The quantitative estimate of drug-likeness (QED) is 0.447. The number of sulfonamides is 1. The van der Waals surface area contributed by atoms with E-state index in [2.05, 4.69) is 15.4 Å². The van der Waals surface area contributed by atoms with Crippen LogP contribution in [0.1, 0.15) is 42.5 Å². The summed E-state index contributed by atoms with van der Waals surface area (Å²) in [5.74, 6) is -1.70. The van der Waals surface area contributed by atoms with Crippen LogP contribution in [0.2, 0.25) is 0 Å². The van der Waals surface area contributed by atoms with Gasteiger partial charge in [0.1, 0.15) is 23.0 Å². The summed E-state index contributed by atoms with van der Waals surface area (Å²) >= 11 is 0. The average molecular weight is 555 g/mol. The van der Waals surface area contributed by atoms with Gasteiger partial charge in [-0.2, -0.15) is 26.7 Å². The van der Waals surface area contributed by atoms with E-state index in [0.717, 1.165) is 5.56 Å². The van der Waals surface area contributed by atoms with Gasteiger partial charge in [-0.05, 0) is 36.2 Å². The van der Waals surface area contributed by atoms with Crippen molar-refractivity contribution in [3.63, 3.8) is 0 Å². The minimum atomic E-state index is -5.55. The predicted molar refractivity (Wildman–Crippen MR) is 133 cm³/mol. The lowest BCUT2D eigenvalue weighted by atomic mass is 10.1. The number of pyridine rings is 1. The second kappa shape index (κ2) is 10.2. The van der Waals surface area contributed by atoms with Crippen molar-refractivity contribution in [1.29, 1.82) is 0 Å². The zero-order valence-electron chi connectivity index (χ0n) is 20.8. The summed E-state index contributed by atoms with van der Waals surface area (Å²) in [5.41, 5.74) is -2.90. The van der Waals surface area contributed by atoms with Gasteiger partial charge in [0.05, 0.1) is 24.5 Å².